The van der Waals surface area contributed by atoms with Crippen LogP contribution < -0.4 is 5.32 Å². The van der Waals surface area contributed by atoms with E-state index in [0.29, 0.717) is 16.4 Å². The van der Waals surface area contributed by atoms with Gasteiger partial charge in [-0.15, -0.1) is 0 Å². The van der Waals surface area contributed by atoms with Gasteiger partial charge in [-0.05, 0) is 42.8 Å². The largest absolute Gasteiger partial charge is 0.320 e. The highest BCUT2D eigenvalue weighted by atomic mass is 35.5. The number of imidazole rings is 1. The molecule has 106 valence electrons. The van der Waals surface area contributed by atoms with Crippen molar-refractivity contribution in [2.75, 3.05) is 5.32 Å². The van der Waals surface area contributed by atoms with E-state index in [4.69, 9.17) is 11.6 Å². The predicted molar refractivity (Wildman–Crippen MR) is 79.3 cm³/mol. The molecule has 4 nitrogen and oxygen atoms in total. The standard InChI is InChI=1S/C15H11ClFN3O/c1-9-6-10(16)2-4-12(9)19-15(21)13-8-20-7-11(17)3-5-14(20)18-13/h2-8H,1H3,(H,19,21). The van der Waals surface area contributed by atoms with Crippen LogP contribution in [0.25, 0.3) is 5.65 Å². The lowest BCUT2D eigenvalue weighted by atomic mass is 10.2. The second kappa shape index (κ2) is 5.18. The molecule has 6 heteroatoms. The predicted octanol–water partition coefficient (Wildman–Crippen LogP) is 3.69. The minimum absolute atomic E-state index is 0.218. The number of halogens is 2. The van der Waals surface area contributed by atoms with E-state index in [9.17, 15) is 9.18 Å². The maximum absolute atomic E-state index is 13.1. The van der Waals surface area contributed by atoms with Crippen molar-refractivity contribution in [2.24, 2.45) is 0 Å². The smallest absolute Gasteiger partial charge is 0.275 e. The Labute approximate surface area is 125 Å². The third-order valence-corrected chi connectivity index (χ3v) is 3.32. The van der Waals surface area contributed by atoms with Crippen molar-refractivity contribution in [1.29, 1.82) is 0 Å². The molecule has 0 fully saturated rings. The number of fused-ring (bicyclic) bond motifs is 1. The van der Waals surface area contributed by atoms with Gasteiger partial charge in [-0.25, -0.2) is 9.37 Å². The highest BCUT2D eigenvalue weighted by Gasteiger charge is 2.12. The van der Waals surface area contributed by atoms with Crippen LogP contribution in [0.4, 0.5) is 10.1 Å². The maximum Gasteiger partial charge on any atom is 0.275 e. The van der Waals surface area contributed by atoms with Gasteiger partial charge in [-0.1, -0.05) is 11.6 Å². The van der Waals surface area contributed by atoms with Gasteiger partial charge in [0.15, 0.2) is 0 Å². The molecule has 0 saturated heterocycles. The normalized spacial score (nSPS) is 10.8. The van der Waals surface area contributed by atoms with Crippen molar-refractivity contribution in [3.63, 3.8) is 0 Å². The molecule has 0 aliphatic heterocycles. The highest BCUT2D eigenvalue weighted by Crippen LogP contribution is 2.20. The number of carbonyl (C=O) groups is 1. The third-order valence-electron chi connectivity index (χ3n) is 3.08. The lowest BCUT2D eigenvalue weighted by molar-refractivity contribution is 0.102. The van der Waals surface area contributed by atoms with Crippen LogP contribution >= 0.6 is 11.6 Å². The number of aromatic nitrogens is 2. The summed E-state index contributed by atoms with van der Waals surface area (Å²) in [7, 11) is 0. The van der Waals surface area contributed by atoms with Crippen LogP contribution in [0, 0.1) is 12.7 Å². The molecule has 1 aromatic carbocycles. The fourth-order valence-corrected chi connectivity index (χ4v) is 2.25. The number of hydrogen-bond acceptors (Lipinski definition) is 2. The van der Waals surface area contributed by atoms with Gasteiger partial charge < -0.3 is 9.72 Å². The molecule has 0 radical (unpaired) electrons. The van der Waals surface area contributed by atoms with E-state index in [1.807, 2.05) is 6.92 Å². The molecule has 0 saturated carbocycles. The average molecular weight is 304 g/mol. The molecule has 3 aromatic rings. The molecule has 0 spiro atoms. The number of anilines is 1. The van der Waals surface area contributed by atoms with Crippen LogP contribution in [0.2, 0.25) is 5.02 Å². The number of hydrogen-bond donors (Lipinski definition) is 1. The fraction of sp³-hybridized carbons (Fsp3) is 0.0667. The number of benzene rings is 1. The maximum atomic E-state index is 13.1. The number of rotatable bonds is 2. The van der Waals surface area contributed by atoms with Crippen molar-refractivity contribution in [2.45, 2.75) is 6.92 Å². The molecule has 1 amide bonds. The first kappa shape index (κ1) is 13.6. The van der Waals surface area contributed by atoms with Crippen LogP contribution in [-0.2, 0) is 0 Å². The third kappa shape index (κ3) is 2.73. The van der Waals surface area contributed by atoms with Gasteiger partial charge in [0, 0.05) is 23.1 Å². The van der Waals surface area contributed by atoms with Crippen LogP contribution in [-0.4, -0.2) is 15.3 Å². The van der Waals surface area contributed by atoms with Gasteiger partial charge in [0.2, 0.25) is 0 Å². The molecule has 0 aliphatic rings. The van der Waals surface area contributed by atoms with Gasteiger partial charge in [-0.3, -0.25) is 4.79 Å². The molecule has 0 aliphatic carbocycles. The summed E-state index contributed by atoms with van der Waals surface area (Å²) in [6, 6.07) is 8.00. The summed E-state index contributed by atoms with van der Waals surface area (Å²) < 4.78 is 14.6. The Hall–Kier alpha value is -2.40. The van der Waals surface area contributed by atoms with Crippen LogP contribution in [0.5, 0.6) is 0 Å². The van der Waals surface area contributed by atoms with Gasteiger partial charge in [0.25, 0.3) is 5.91 Å². The first-order valence-corrected chi connectivity index (χ1v) is 6.62. The van der Waals surface area contributed by atoms with Crippen molar-refractivity contribution in [3.05, 3.63) is 64.8 Å². The average Bonchev–Trinajstić information content (AvgIpc) is 2.85. The number of amides is 1. The monoisotopic (exact) mass is 303 g/mol. The fourth-order valence-electron chi connectivity index (χ4n) is 2.03. The van der Waals surface area contributed by atoms with Crippen LogP contribution in [0.3, 0.4) is 0 Å². The zero-order chi connectivity index (χ0) is 15.0. The van der Waals surface area contributed by atoms with Crippen molar-refractivity contribution in [1.82, 2.24) is 9.38 Å². The summed E-state index contributed by atoms with van der Waals surface area (Å²) in [4.78, 5) is 16.3. The van der Waals surface area contributed by atoms with E-state index in [1.54, 1.807) is 18.2 Å². The molecule has 3 rings (SSSR count). The van der Waals surface area contributed by atoms with E-state index in [1.165, 1.54) is 28.9 Å². The Morgan fingerprint density at radius 2 is 2.10 bits per heavy atom. The Kier molecular flexibility index (Phi) is 3.35. The molecule has 0 atom stereocenters. The first-order valence-electron chi connectivity index (χ1n) is 6.25. The van der Waals surface area contributed by atoms with Crippen LogP contribution in [0.1, 0.15) is 16.1 Å². The lowest BCUT2D eigenvalue weighted by Crippen LogP contribution is -2.13. The summed E-state index contributed by atoms with van der Waals surface area (Å²) in [5, 5.41) is 3.37. The zero-order valence-corrected chi connectivity index (χ0v) is 11.9. The molecular formula is C15H11ClFN3O. The molecule has 0 unspecified atom stereocenters. The number of aryl methyl sites for hydroxylation is 1. The summed E-state index contributed by atoms with van der Waals surface area (Å²) in [6.45, 7) is 1.85. The summed E-state index contributed by atoms with van der Waals surface area (Å²) >= 11 is 5.87. The van der Waals surface area contributed by atoms with E-state index < -0.39 is 0 Å². The van der Waals surface area contributed by atoms with E-state index in [0.717, 1.165) is 5.56 Å². The minimum Gasteiger partial charge on any atom is -0.320 e. The minimum atomic E-state index is -0.389. The quantitative estimate of drug-likeness (QED) is 0.785. The Morgan fingerprint density at radius 1 is 1.29 bits per heavy atom. The van der Waals surface area contributed by atoms with Crippen molar-refractivity contribution in [3.8, 4) is 0 Å². The van der Waals surface area contributed by atoms with Crippen molar-refractivity contribution < 1.29 is 9.18 Å². The molecular weight excluding hydrogens is 293 g/mol. The second-order valence-corrected chi connectivity index (χ2v) is 5.09. The van der Waals surface area contributed by atoms with Gasteiger partial charge >= 0.3 is 0 Å². The number of pyridine rings is 1. The summed E-state index contributed by atoms with van der Waals surface area (Å²) in [6.07, 6.45) is 2.76. The lowest BCUT2D eigenvalue weighted by Gasteiger charge is -2.06. The van der Waals surface area contributed by atoms with E-state index in [-0.39, 0.29) is 17.4 Å². The van der Waals surface area contributed by atoms with E-state index in [2.05, 4.69) is 10.3 Å². The molecule has 2 aromatic heterocycles. The Balaban J connectivity index is 1.89. The Bertz CT molecular complexity index is 844. The zero-order valence-electron chi connectivity index (χ0n) is 11.1. The number of nitrogens with one attached hydrogen (secondary N) is 1. The van der Waals surface area contributed by atoms with Gasteiger partial charge in [-0.2, -0.15) is 0 Å². The van der Waals surface area contributed by atoms with Crippen LogP contribution in [0.15, 0.2) is 42.7 Å². The molecule has 21 heavy (non-hydrogen) atoms. The first-order chi connectivity index (χ1) is 10.0. The SMILES string of the molecule is Cc1cc(Cl)ccc1NC(=O)c1cn2cc(F)ccc2n1. The topological polar surface area (TPSA) is 46.4 Å². The molecule has 2 heterocycles. The van der Waals surface area contributed by atoms with E-state index >= 15 is 0 Å². The highest BCUT2D eigenvalue weighted by molar-refractivity contribution is 6.30. The summed E-state index contributed by atoms with van der Waals surface area (Å²) in [5.74, 6) is -0.745. The van der Waals surface area contributed by atoms with Gasteiger partial charge in [0.05, 0.1) is 0 Å². The number of nitrogens with zero attached hydrogens (tertiary/aromatic N) is 2. The second-order valence-electron chi connectivity index (χ2n) is 4.65. The molecule has 1 N–H and O–H groups in total. The molecule has 0 bridgehead atoms. The summed E-state index contributed by atoms with van der Waals surface area (Å²) in [5.41, 5.74) is 2.24. The Morgan fingerprint density at radius 3 is 2.86 bits per heavy atom. The van der Waals surface area contributed by atoms with Crippen molar-refractivity contribution >= 4 is 28.8 Å². The number of carbonyl (C=O) groups excluding carboxylic acids is 1. The van der Waals surface area contributed by atoms with Gasteiger partial charge in [0.1, 0.15) is 17.2 Å².